The molecule has 0 saturated carbocycles. The molecule has 0 aliphatic carbocycles. The first-order chi connectivity index (χ1) is 12.4. The van der Waals surface area contributed by atoms with Gasteiger partial charge in [0.2, 0.25) is 5.91 Å². The first-order valence-corrected chi connectivity index (χ1v) is 8.88. The summed E-state index contributed by atoms with van der Waals surface area (Å²) in [7, 11) is 1.52. The van der Waals surface area contributed by atoms with Crippen molar-refractivity contribution in [3.8, 4) is 11.5 Å². The molecule has 0 heterocycles. The van der Waals surface area contributed by atoms with Crippen molar-refractivity contribution in [1.29, 1.82) is 0 Å². The lowest BCUT2D eigenvalue weighted by molar-refractivity contribution is 0.0997. The average Bonchev–Trinajstić information content (AvgIpc) is 2.59. The molecule has 26 heavy (non-hydrogen) atoms. The van der Waals surface area contributed by atoms with Crippen molar-refractivity contribution in [1.82, 2.24) is 0 Å². The van der Waals surface area contributed by atoms with Crippen LogP contribution in [0.3, 0.4) is 0 Å². The lowest BCUT2D eigenvalue weighted by Crippen LogP contribution is -2.15. The van der Waals surface area contributed by atoms with Crippen LogP contribution in [-0.2, 0) is 0 Å². The fourth-order valence-electron chi connectivity index (χ4n) is 2.42. The third-order valence-corrected chi connectivity index (χ3v) is 4.28. The van der Waals surface area contributed by atoms with E-state index in [2.05, 4.69) is 21.2 Å². The topological polar surface area (TPSA) is 90.6 Å². The molecule has 0 aliphatic rings. The fraction of sp³-hybridized carbons (Fsp3) is 0.263. The second-order valence-corrected chi connectivity index (χ2v) is 6.54. The first-order valence-electron chi connectivity index (χ1n) is 8.09. The Kier molecular flexibility index (Phi) is 6.63. The van der Waals surface area contributed by atoms with Gasteiger partial charge in [0.1, 0.15) is 0 Å². The number of amides is 2. The minimum atomic E-state index is -0.503. The monoisotopic (exact) mass is 420 g/mol. The molecular formula is C19H21BrN2O4. The number of carbonyl (C=O) groups is 2. The number of hydrogen-bond acceptors (Lipinski definition) is 4. The minimum Gasteiger partial charge on any atom is -0.493 e. The van der Waals surface area contributed by atoms with Crippen LogP contribution in [0, 0.1) is 6.92 Å². The number of aryl methyl sites for hydroxylation is 1. The molecule has 0 aliphatic heterocycles. The van der Waals surface area contributed by atoms with E-state index in [1.54, 1.807) is 37.3 Å². The number of hydrogen-bond donors (Lipinski definition) is 2. The number of rotatable bonds is 7. The van der Waals surface area contributed by atoms with Gasteiger partial charge >= 0.3 is 0 Å². The van der Waals surface area contributed by atoms with Gasteiger partial charge in [-0.25, -0.2) is 0 Å². The Morgan fingerprint density at radius 1 is 1.23 bits per heavy atom. The van der Waals surface area contributed by atoms with Crippen LogP contribution in [0.5, 0.6) is 11.5 Å². The van der Waals surface area contributed by atoms with Crippen LogP contribution in [0.25, 0.3) is 0 Å². The summed E-state index contributed by atoms with van der Waals surface area (Å²) in [5, 5.41) is 2.80. The molecule has 2 aromatic carbocycles. The zero-order valence-corrected chi connectivity index (χ0v) is 16.5. The number of nitrogens with two attached hydrogens (primary N) is 1. The highest BCUT2D eigenvalue weighted by Gasteiger charge is 2.16. The average molecular weight is 421 g/mol. The van der Waals surface area contributed by atoms with Crippen molar-refractivity contribution in [3.63, 3.8) is 0 Å². The lowest BCUT2D eigenvalue weighted by Gasteiger charge is -2.14. The Morgan fingerprint density at radius 2 is 1.96 bits per heavy atom. The summed E-state index contributed by atoms with van der Waals surface area (Å²) >= 11 is 3.42. The van der Waals surface area contributed by atoms with Crippen molar-refractivity contribution in [2.75, 3.05) is 19.0 Å². The van der Waals surface area contributed by atoms with Gasteiger partial charge in [-0.1, -0.05) is 6.92 Å². The smallest absolute Gasteiger partial charge is 0.255 e. The van der Waals surface area contributed by atoms with Crippen LogP contribution >= 0.6 is 15.9 Å². The van der Waals surface area contributed by atoms with Gasteiger partial charge in [-0.3, -0.25) is 9.59 Å². The first kappa shape index (κ1) is 19.8. The van der Waals surface area contributed by atoms with Crippen molar-refractivity contribution in [3.05, 3.63) is 51.5 Å². The Hall–Kier alpha value is -2.54. The number of carbonyl (C=O) groups excluding carboxylic acids is 2. The van der Waals surface area contributed by atoms with Crippen LogP contribution in [0.4, 0.5) is 5.69 Å². The Morgan fingerprint density at radius 3 is 2.54 bits per heavy atom. The SMILES string of the molecule is CCCOc1c(Br)cc(C(=O)Nc2ccc(C(N)=O)c(C)c2)cc1OC. The zero-order valence-electron chi connectivity index (χ0n) is 14.9. The lowest BCUT2D eigenvalue weighted by atomic mass is 10.1. The molecule has 0 fully saturated rings. The normalized spacial score (nSPS) is 10.3. The van der Waals surface area contributed by atoms with E-state index >= 15 is 0 Å². The second kappa shape index (κ2) is 8.71. The van der Waals surface area contributed by atoms with Gasteiger partial charge in [-0.05, 0) is 65.2 Å². The van der Waals surface area contributed by atoms with Gasteiger partial charge in [0.25, 0.3) is 5.91 Å². The molecule has 2 rings (SSSR count). The van der Waals surface area contributed by atoms with Gasteiger partial charge in [-0.2, -0.15) is 0 Å². The van der Waals surface area contributed by atoms with E-state index in [1.165, 1.54) is 7.11 Å². The zero-order chi connectivity index (χ0) is 19.3. The Bertz CT molecular complexity index is 837. The molecule has 0 saturated heterocycles. The van der Waals surface area contributed by atoms with Crippen LogP contribution in [0.2, 0.25) is 0 Å². The molecule has 138 valence electrons. The molecule has 6 nitrogen and oxygen atoms in total. The molecule has 0 unspecified atom stereocenters. The Balaban J connectivity index is 2.25. The number of primary amides is 1. The van der Waals surface area contributed by atoms with E-state index in [4.69, 9.17) is 15.2 Å². The van der Waals surface area contributed by atoms with E-state index in [1.807, 2.05) is 6.92 Å². The molecule has 0 atom stereocenters. The van der Waals surface area contributed by atoms with Gasteiger partial charge < -0.3 is 20.5 Å². The number of halogens is 1. The summed E-state index contributed by atoms with van der Waals surface area (Å²) in [6, 6.07) is 8.22. The predicted octanol–water partition coefficient (Wildman–Crippen LogP) is 3.91. The van der Waals surface area contributed by atoms with Crippen LogP contribution in [0.15, 0.2) is 34.8 Å². The molecule has 3 N–H and O–H groups in total. The van der Waals surface area contributed by atoms with E-state index in [0.717, 1.165) is 6.42 Å². The Labute approximate surface area is 160 Å². The maximum absolute atomic E-state index is 12.6. The fourth-order valence-corrected chi connectivity index (χ4v) is 2.97. The molecule has 7 heteroatoms. The van der Waals surface area contributed by atoms with Gasteiger partial charge in [0, 0.05) is 16.8 Å². The van der Waals surface area contributed by atoms with Crippen LogP contribution in [0.1, 0.15) is 39.6 Å². The summed E-state index contributed by atoms with van der Waals surface area (Å²) in [6.45, 7) is 4.31. The number of methoxy groups -OCH3 is 1. The maximum Gasteiger partial charge on any atom is 0.255 e. The minimum absolute atomic E-state index is 0.308. The highest BCUT2D eigenvalue weighted by atomic mass is 79.9. The van der Waals surface area contributed by atoms with Gasteiger partial charge in [-0.15, -0.1) is 0 Å². The molecular weight excluding hydrogens is 400 g/mol. The predicted molar refractivity (Wildman–Crippen MR) is 104 cm³/mol. The number of ether oxygens (including phenoxy) is 2. The van der Waals surface area contributed by atoms with Crippen molar-refractivity contribution in [2.24, 2.45) is 5.73 Å². The highest BCUT2D eigenvalue weighted by molar-refractivity contribution is 9.10. The molecule has 2 amide bonds. The number of benzene rings is 2. The van der Waals surface area contributed by atoms with E-state index < -0.39 is 5.91 Å². The summed E-state index contributed by atoms with van der Waals surface area (Å²) in [6.07, 6.45) is 0.860. The van der Waals surface area contributed by atoms with Gasteiger partial charge in [0.05, 0.1) is 18.2 Å². The van der Waals surface area contributed by atoms with Crippen LogP contribution in [-0.4, -0.2) is 25.5 Å². The number of anilines is 1. The number of nitrogens with one attached hydrogen (secondary N) is 1. The largest absolute Gasteiger partial charge is 0.493 e. The van der Waals surface area contributed by atoms with Crippen molar-refractivity contribution >= 4 is 33.4 Å². The molecule has 0 spiro atoms. The van der Waals surface area contributed by atoms with Crippen molar-refractivity contribution in [2.45, 2.75) is 20.3 Å². The standard InChI is InChI=1S/C19H21BrN2O4/c1-4-7-26-17-15(20)9-12(10-16(17)25-3)19(24)22-13-5-6-14(18(21)23)11(2)8-13/h5-6,8-10H,4,7H2,1-3H3,(H2,21,23)(H,22,24). The maximum atomic E-state index is 12.6. The third-order valence-electron chi connectivity index (χ3n) is 3.69. The molecule has 0 radical (unpaired) electrons. The van der Waals surface area contributed by atoms with Gasteiger partial charge in [0.15, 0.2) is 11.5 Å². The van der Waals surface area contributed by atoms with E-state index in [0.29, 0.717) is 45.0 Å². The summed E-state index contributed by atoms with van der Waals surface area (Å²) in [4.78, 5) is 23.9. The highest BCUT2D eigenvalue weighted by Crippen LogP contribution is 2.37. The van der Waals surface area contributed by atoms with E-state index in [9.17, 15) is 9.59 Å². The van der Waals surface area contributed by atoms with Crippen LogP contribution < -0.4 is 20.5 Å². The summed E-state index contributed by atoms with van der Waals surface area (Å²) < 4.78 is 11.6. The molecule has 2 aromatic rings. The van der Waals surface area contributed by atoms with Crippen molar-refractivity contribution < 1.29 is 19.1 Å². The molecule has 0 aromatic heterocycles. The quantitative estimate of drug-likeness (QED) is 0.710. The summed E-state index contributed by atoms with van der Waals surface area (Å²) in [5.41, 5.74) is 7.39. The van der Waals surface area contributed by atoms with E-state index in [-0.39, 0.29) is 5.91 Å². The molecule has 0 bridgehead atoms. The summed E-state index contributed by atoms with van der Waals surface area (Å²) in [5.74, 6) is 0.222. The second-order valence-electron chi connectivity index (χ2n) is 5.69. The third kappa shape index (κ3) is 4.54.